The Hall–Kier alpha value is -2.59. The largest absolute Gasteiger partial charge is 0.453 e. The summed E-state index contributed by atoms with van der Waals surface area (Å²) in [7, 11) is 0. The molecule has 0 unspecified atom stereocenters. The van der Waals surface area contributed by atoms with Crippen LogP contribution in [-0.4, -0.2) is 9.97 Å². The zero-order valence-electron chi connectivity index (χ0n) is 14.0. The normalized spacial score (nSPS) is 11.0. The number of halogens is 1. The number of rotatable bonds is 3. The molecule has 0 spiro atoms. The van der Waals surface area contributed by atoms with Crippen LogP contribution >= 0.6 is 15.9 Å². The highest BCUT2D eigenvalue weighted by Gasteiger charge is 2.14. The number of aryl methyl sites for hydroxylation is 2. The van der Waals surface area contributed by atoms with Crippen molar-refractivity contribution in [2.75, 3.05) is 0 Å². The fraction of sp³-hybridized carbons (Fsp3) is 0.0952. The molecule has 4 aromatic rings. The van der Waals surface area contributed by atoms with Crippen LogP contribution in [0.3, 0.4) is 0 Å². The van der Waals surface area contributed by atoms with Gasteiger partial charge >= 0.3 is 0 Å². The predicted octanol–water partition coefficient (Wildman–Crippen LogP) is 6.38. The van der Waals surface area contributed by atoms with Gasteiger partial charge in [-0.25, -0.2) is 4.98 Å². The van der Waals surface area contributed by atoms with Gasteiger partial charge in [-0.1, -0.05) is 52.3 Å². The number of aromatic amines is 1. The third-order valence-electron chi connectivity index (χ3n) is 4.25. The molecule has 124 valence electrons. The number of hydrogen-bond acceptors (Lipinski definition) is 2. The minimum Gasteiger partial charge on any atom is -0.453 e. The molecule has 1 N–H and O–H groups in total. The molecule has 0 aliphatic heterocycles. The third kappa shape index (κ3) is 3.05. The van der Waals surface area contributed by atoms with Crippen molar-refractivity contribution in [2.24, 2.45) is 0 Å². The maximum atomic E-state index is 6.06. The van der Waals surface area contributed by atoms with E-state index in [0.717, 1.165) is 44.3 Å². The Labute approximate surface area is 154 Å². The van der Waals surface area contributed by atoms with Gasteiger partial charge in [0.25, 0.3) is 0 Å². The molecular weight excluding hydrogens is 376 g/mol. The molecule has 4 rings (SSSR count). The molecular formula is C21H17BrN2O. The van der Waals surface area contributed by atoms with Crippen LogP contribution in [0.5, 0.6) is 0 Å². The van der Waals surface area contributed by atoms with Gasteiger partial charge < -0.3 is 9.40 Å². The smallest absolute Gasteiger partial charge is 0.174 e. The first-order chi connectivity index (χ1) is 12.1. The van der Waals surface area contributed by atoms with Crippen LogP contribution in [0.1, 0.15) is 11.3 Å². The van der Waals surface area contributed by atoms with Crippen LogP contribution in [0.25, 0.3) is 34.2 Å². The average Bonchev–Trinajstić information content (AvgIpc) is 3.23. The lowest BCUT2D eigenvalue weighted by molar-refractivity contribution is 0.592. The highest BCUT2D eigenvalue weighted by Crippen LogP contribution is 2.31. The Kier molecular flexibility index (Phi) is 4.06. The first-order valence-electron chi connectivity index (χ1n) is 8.10. The van der Waals surface area contributed by atoms with Gasteiger partial charge in [0.15, 0.2) is 11.6 Å². The molecule has 2 aromatic heterocycles. The van der Waals surface area contributed by atoms with E-state index < -0.39 is 0 Å². The lowest BCUT2D eigenvalue weighted by Crippen LogP contribution is -1.81. The van der Waals surface area contributed by atoms with Gasteiger partial charge in [0.2, 0.25) is 0 Å². The van der Waals surface area contributed by atoms with E-state index in [1.165, 1.54) is 5.56 Å². The molecule has 0 fully saturated rings. The van der Waals surface area contributed by atoms with Gasteiger partial charge in [-0.15, -0.1) is 0 Å². The molecule has 0 bridgehead atoms. The number of H-pyrrole nitrogens is 1. The zero-order valence-corrected chi connectivity index (χ0v) is 15.6. The Morgan fingerprint density at radius 2 is 1.60 bits per heavy atom. The van der Waals surface area contributed by atoms with E-state index in [0.29, 0.717) is 0 Å². The summed E-state index contributed by atoms with van der Waals surface area (Å²) in [6.45, 7) is 4.11. The molecule has 25 heavy (non-hydrogen) atoms. The number of hydrogen-bond donors (Lipinski definition) is 1. The summed E-state index contributed by atoms with van der Waals surface area (Å²) in [4.78, 5) is 8.08. The van der Waals surface area contributed by atoms with Gasteiger partial charge in [-0.05, 0) is 43.7 Å². The van der Waals surface area contributed by atoms with Crippen molar-refractivity contribution in [3.63, 3.8) is 0 Å². The summed E-state index contributed by atoms with van der Waals surface area (Å²) in [5, 5.41) is 0. The third-order valence-corrected chi connectivity index (χ3v) is 4.78. The van der Waals surface area contributed by atoms with Crippen LogP contribution in [0, 0.1) is 13.8 Å². The van der Waals surface area contributed by atoms with Crippen molar-refractivity contribution in [1.82, 2.24) is 9.97 Å². The van der Waals surface area contributed by atoms with Crippen LogP contribution < -0.4 is 0 Å². The van der Waals surface area contributed by atoms with Crippen LogP contribution in [-0.2, 0) is 0 Å². The average molecular weight is 393 g/mol. The van der Waals surface area contributed by atoms with E-state index in [4.69, 9.17) is 9.40 Å². The molecule has 0 aliphatic rings. The van der Waals surface area contributed by atoms with E-state index in [-0.39, 0.29) is 0 Å². The van der Waals surface area contributed by atoms with Gasteiger partial charge in [0.1, 0.15) is 5.76 Å². The van der Waals surface area contributed by atoms with Gasteiger partial charge in [-0.3, -0.25) is 0 Å². The van der Waals surface area contributed by atoms with Crippen molar-refractivity contribution in [3.8, 4) is 34.2 Å². The maximum absolute atomic E-state index is 6.06. The summed E-state index contributed by atoms with van der Waals surface area (Å²) >= 11 is 3.47. The lowest BCUT2D eigenvalue weighted by Gasteiger charge is -2.01. The van der Waals surface area contributed by atoms with Crippen molar-refractivity contribution in [3.05, 3.63) is 76.4 Å². The van der Waals surface area contributed by atoms with Crippen molar-refractivity contribution in [2.45, 2.75) is 13.8 Å². The maximum Gasteiger partial charge on any atom is 0.174 e. The quantitative estimate of drug-likeness (QED) is 0.439. The Morgan fingerprint density at radius 3 is 2.36 bits per heavy atom. The SMILES string of the molecule is Cc1ccccc1-c1ccc(-c2nc(-c3ccc(Br)cc3)c(C)[nH]2)o1. The molecule has 0 amide bonds. The highest BCUT2D eigenvalue weighted by atomic mass is 79.9. The second kappa shape index (κ2) is 6.37. The van der Waals surface area contributed by atoms with E-state index in [1.54, 1.807) is 0 Å². The number of furan rings is 1. The molecule has 0 atom stereocenters. The van der Waals surface area contributed by atoms with Crippen molar-refractivity contribution >= 4 is 15.9 Å². The number of aromatic nitrogens is 2. The van der Waals surface area contributed by atoms with E-state index in [2.05, 4.69) is 52.1 Å². The topological polar surface area (TPSA) is 41.8 Å². The van der Waals surface area contributed by atoms with Crippen molar-refractivity contribution < 1.29 is 4.42 Å². The van der Waals surface area contributed by atoms with Gasteiger partial charge in [-0.2, -0.15) is 0 Å². The molecule has 4 heteroatoms. The minimum absolute atomic E-state index is 0.740. The number of nitrogens with zero attached hydrogens (tertiary/aromatic N) is 1. The number of imidazole rings is 1. The second-order valence-corrected chi connectivity index (χ2v) is 6.96. The van der Waals surface area contributed by atoms with Crippen LogP contribution in [0.4, 0.5) is 0 Å². The second-order valence-electron chi connectivity index (χ2n) is 6.04. The number of benzene rings is 2. The fourth-order valence-corrected chi connectivity index (χ4v) is 3.19. The monoisotopic (exact) mass is 392 g/mol. The number of nitrogens with one attached hydrogen (secondary N) is 1. The summed E-state index contributed by atoms with van der Waals surface area (Å²) in [5.41, 5.74) is 5.33. The molecule has 0 aliphatic carbocycles. The van der Waals surface area contributed by atoms with Crippen LogP contribution in [0.2, 0.25) is 0 Å². The molecule has 2 heterocycles. The van der Waals surface area contributed by atoms with Gasteiger partial charge in [0.05, 0.1) is 5.69 Å². The van der Waals surface area contributed by atoms with E-state index in [9.17, 15) is 0 Å². The highest BCUT2D eigenvalue weighted by molar-refractivity contribution is 9.10. The first-order valence-corrected chi connectivity index (χ1v) is 8.90. The predicted molar refractivity (Wildman–Crippen MR) is 104 cm³/mol. The fourth-order valence-electron chi connectivity index (χ4n) is 2.93. The molecule has 3 nitrogen and oxygen atoms in total. The standard InChI is InChI=1S/C21H17BrN2O/c1-13-5-3-4-6-17(13)18-11-12-19(25-18)21-23-14(2)20(24-21)15-7-9-16(22)10-8-15/h3-12H,1-2H3,(H,23,24). The summed E-state index contributed by atoms with van der Waals surface area (Å²) < 4.78 is 7.11. The lowest BCUT2D eigenvalue weighted by atomic mass is 10.1. The first kappa shape index (κ1) is 15.9. The van der Waals surface area contributed by atoms with Crippen molar-refractivity contribution in [1.29, 1.82) is 0 Å². The summed E-state index contributed by atoms with van der Waals surface area (Å²) in [6, 6.07) is 20.3. The zero-order chi connectivity index (χ0) is 17.4. The summed E-state index contributed by atoms with van der Waals surface area (Å²) in [5.74, 6) is 2.34. The molecule has 0 saturated carbocycles. The Morgan fingerprint density at radius 1 is 0.880 bits per heavy atom. The minimum atomic E-state index is 0.740. The Bertz CT molecular complexity index is 1030. The van der Waals surface area contributed by atoms with Gasteiger partial charge in [0, 0.05) is 21.3 Å². The molecule has 2 aromatic carbocycles. The summed E-state index contributed by atoms with van der Waals surface area (Å²) in [6.07, 6.45) is 0. The molecule has 0 saturated heterocycles. The van der Waals surface area contributed by atoms with E-state index in [1.807, 2.05) is 43.3 Å². The van der Waals surface area contributed by atoms with Crippen LogP contribution in [0.15, 0.2) is 69.6 Å². The molecule has 0 radical (unpaired) electrons. The van der Waals surface area contributed by atoms with E-state index >= 15 is 0 Å². The Balaban J connectivity index is 1.71.